The van der Waals surface area contributed by atoms with E-state index in [1.807, 2.05) is 61.5 Å². The topological polar surface area (TPSA) is 65.5 Å². The summed E-state index contributed by atoms with van der Waals surface area (Å²) in [6, 6.07) is 19.7. The second-order valence-electron chi connectivity index (χ2n) is 9.75. The van der Waals surface area contributed by atoms with Crippen molar-refractivity contribution in [2.75, 3.05) is 20.3 Å². The molecule has 0 fully saturated rings. The van der Waals surface area contributed by atoms with Crippen LogP contribution in [0.1, 0.15) is 33.9 Å². The van der Waals surface area contributed by atoms with Gasteiger partial charge >= 0.3 is 12.2 Å². The third-order valence-corrected chi connectivity index (χ3v) is 6.83. The van der Waals surface area contributed by atoms with Crippen LogP contribution in [-0.4, -0.2) is 36.4 Å². The van der Waals surface area contributed by atoms with E-state index < -0.39 is 12.8 Å². The molecule has 0 radical (unpaired) electrons. The van der Waals surface area contributed by atoms with Gasteiger partial charge in [0.05, 0.1) is 13.2 Å². The molecule has 0 bridgehead atoms. The van der Waals surface area contributed by atoms with E-state index in [2.05, 4.69) is 38.2 Å². The van der Waals surface area contributed by atoms with Crippen molar-refractivity contribution in [3.8, 4) is 28.6 Å². The van der Waals surface area contributed by atoms with E-state index in [9.17, 15) is 13.2 Å². The van der Waals surface area contributed by atoms with Gasteiger partial charge in [-0.15, -0.1) is 0 Å². The molecule has 1 aliphatic rings. The largest absolute Gasteiger partial charge is 0.493 e. The molecule has 4 aromatic rings. The third kappa shape index (κ3) is 7.24. The summed E-state index contributed by atoms with van der Waals surface area (Å²) in [5.41, 5.74) is 7.03. The molecular weight excluding hydrogens is 531 g/mol. The molecule has 9 heteroatoms. The summed E-state index contributed by atoms with van der Waals surface area (Å²) in [4.78, 5) is 7.85. The first-order chi connectivity index (χ1) is 19.8. The second kappa shape index (κ2) is 12.4. The highest BCUT2D eigenvalue weighted by Crippen LogP contribution is 2.36. The van der Waals surface area contributed by atoms with Gasteiger partial charge in [-0.05, 0) is 64.9 Å². The van der Waals surface area contributed by atoms with Crippen LogP contribution in [-0.2, 0) is 13.0 Å². The van der Waals surface area contributed by atoms with Crippen molar-refractivity contribution >= 4 is 6.08 Å². The van der Waals surface area contributed by atoms with Crippen LogP contribution in [0.25, 0.3) is 17.2 Å². The summed E-state index contributed by atoms with van der Waals surface area (Å²) in [5, 5.41) is 3.57. The van der Waals surface area contributed by atoms with E-state index in [1.165, 1.54) is 18.0 Å². The van der Waals surface area contributed by atoms with Crippen LogP contribution in [0.15, 0.2) is 79.1 Å². The molecule has 0 spiro atoms. The molecule has 41 heavy (non-hydrogen) atoms. The third-order valence-electron chi connectivity index (χ3n) is 6.83. The Balaban J connectivity index is 1.33. The SMILES string of the molecule is COc1cc2c(cc1OCc1ccccc1)CCNC2/C=C/c1cc(-c2cnc(OCC(F)(F)F)nc2)ccc1C. The van der Waals surface area contributed by atoms with Crippen molar-refractivity contribution in [2.45, 2.75) is 32.2 Å². The smallest absolute Gasteiger partial charge is 0.422 e. The minimum Gasteiger partial charge on any atom is -0.493 e. The van der Waals surface area contributed by atoms with Crippen molar-refractivity contribution in [1.29, 1.82) is 0 Å². The van der Waals surface area contributed by atoms with Crippen molar-refractivity contribution in [3.63, 3.8) is 0 Å². The van der Waals surface area contributed by atoms with Gasteiger partial charge in [-0.3, -0.25) is 0 Å². The summed E-state index contributed by atoms with van der Waals surface area (Å²) >= 11 is 0. The standard InChI is InChI=1S/C32H30F3N3O3/c1-21-8-9-24(26-17-37-31(38-18-26)41-20-32(33,34)35)14-23(21)10-11-28-27-16-29(39-2)30(15-25(27)12-13-36-28)40-19-22-6-4-3-5-7-22/h3-11,14-18,28,36H,12-13,19-20H2,1-2H3/b11-10+. The number of ether oxygens (including phenoxy) is 3. The zero-order valence-corrected chi connectivity index (χ0v) is 22.7. The summed E-state index contributed by atoms with van der Waals surface area (Å²) in [7, 11) is 1.64. The molecule has 0 saturated carbocycles. The van der Waals surface area contributed by atoms with Crippen molar-refractivity contribution in [1.82, 2.24) is 15.3 Å². The Hall–Kier alpha value is -4.37. The fraction of sp³-hybridized carbons (Fsp3) is 0.250. The number of benzene rings is 3. The molecule has 1 unspecified atom stereocenters. The predicted molar refractivity (Wildman–Crippen MR) is 151 cm³/mol. The Morgan fingerprint density at radius 3 is 2.46 bits per heavy atom. The Kier molecular flexibility index (Phi) is 8.54. The van der Waals surface area contributed by atoms with Gasteiger partial charge in [-0.25, -0.2) is 9.97 Å². The van der Waals surface area contributed by atoms with E-state index in [0.717, 1.165) is 46.5 Å². The van der Waals surface area contributed by atoms with Gasteiger partial charge in [0, 0.05) is 24.5 Å². The first-order valence-electron chi connectivity index (χ1n) is 13.2. The number of fused-ring (bicyclic) bond motifs is 1. The molecule has 0 amide bonds. The number of nitrogens with zero attached hydrogens (tertiary/aromatic N) is 2. The van der Waals surface area contributed by atoms with E-state index in [1.54, 1.807) is 7.11 Å². The van der Waals surface area contributed by atoms with Gasteiger partial charge in [0.1, 0.15) is 6.61 Å². The van der Waals surface area contributed by atoms with Crippen molar-refractivity contribution in [3.05, 3.63) is 107 Å². The van der Waals surface area contributed by atoms with Crippen LogP contribution in [0, 0.1) is 6.92 Å². The van der Waals surface area contributed by atoms with Gasteiger partial charge in [0.15, 0.2) is 18.1 Å². The lowest BCUT2D eigenvalue weighted by Gasteiger charge is -2.26. The van der Waals surface area contributed by atoms with Crippen molar-refractivity contribution in [2.24, 2.45) is 0 Å². The molecule has 1 N–H and O–H groups in total. The number of methoxy groups -OCH3 is 1. The van der Waals surface area contributed by atoms with Gasteiger partial charge in [-0.2, -0.15) is 13.2 Å². The first-order valence-corrected chi connectivity index (χ1v) is 13.2. The number of aromatic nitrogens is 2. The molecule has 6 nitrogen and oxygen atoms in total. The molecule has 1 aromatic heterocycles. The highest BCUT2D eigenvalue weighted by molar-refractivity contribution is 5.68. The lowest BCUT2D eigenvalue weighted by Crippen LogP contribution is -2.28. The number of nitrogens with one attached hydrogen (secondary N) is 1. The second-order valence-corrected chi connectivity index (χ2v) is 9.75. The number of aryl methyl sites for hydroxylation is 1. The first kappa shape index (κ1) is 28.2. The molecule has 5 rings (SSSR count). The lowest BCUT2D eigenvalue weighted by atomic mass is 9.92. The summed E-state index contributed by atoms with van der Waals surface area (Å²) in [6.45, 7) is 1.88. The zero-order valence-electron chi connectivity index (χ0n) is 22.7. The normalized spacial score (nSPS) is 15.0. The Morgan fingerprint density at radius 1 is 0.951 bits per heavy atom. The number of hydrogen-bond acceptors (Lipinski definition) is 6. The van der Waals surface area contributed by atoms with Crippen LogP contribution in [0.3, 0.4) is 0 Å². The molecule has 0 aliphatic carbocycles. The number of hydrogen-bond donors (Lipinski definition) is 1. The highest BCUT2D eigenvalue weighted by atomic mass is 19.4. The lowest BCUT2D eigenvalue weighted by molar-refractivity contribution is -0.154. The quantitative estimate of drug-likeness (QED) is 0.240. The fourth-order valence-electron chi connectivity index (χ4n) is 4.66. The Bertz CT molecular complexity index is 1510. The summed E-state index contributed by atoms with van der Waals surface area (Å²) in [5.74, 6) is 1.41. The predicted octanol–water partition coefficient (Wildman–Crippen LogP) is 6.88. The summed E-state index contributed by atoms with van der Waals surface area (Å²) in [6.07, 6.45) is 3.54. The number of rotatable bonds is 9. The van der Waals surface area contributed by atoms with Crippen LogP contribution < -0.4 is 19.5 Å². The zero-order chi connectivity index (χ0) is 28.8. The minimum absolute atomic E-state index is 0.0210. The van der Waals surface area contributed by atoms with Crippen LogP contribution >= 0.6 is 0 Å². The van der Waals surface area contributed by atoms with Crippen molar-refractivity contribution < 1.29 is 27.4 Å². The molecule has 1 atom stereocenters. The van der Waals surface area contributed by atoms with Crippen LogP contribution in [0.5, 0.6) is 17.5 Å². The maximum absolute atomic E-state index is 12.4. The Labute approximate surface area is 236 Å². The molecule has 3 aromatic carbocycles. The van der Waals surface area contributed by atoms with E-state index in [-0.39, 0.29) is 12.1 Å². The molecular formula is C32H30F3N3O3. The summed E-state index contributed by atoms with van der Waals surface area (Å²) < 4.78 is 53.6. The number of halogens is 3. The Morgan fingerprint density at radius 2 is 1.73 bits per heavy atom. The molecule has 1 aliphatic heterocycles. The van der Waals surface area contributed by atoms with Gasteiger partial charge in [0.2, 0.25) is 0 Å². The van der Waals surface area contributed by atoms with Crippen LogP contribution in [0.4, 0.5) is 13.2 Å². The average molecular weight is 562 g/mol. The highest BCUT2D eigenvalue weighted by Gasteiger charge is 2.29. The maximum atomic E-state index is 12.4. The molecule has 2 heterocycles. The average Bonchev–Trinajstić information content (AvgIpc) is 2.98. The van der Waals surface area contributed by atoms with E-state index in [0.29, 0.717) is 17.9 Å². The number of alkyl halides is 3. The monoisotopic (exact) mass is 561 g/mol. The van der Waals surface area contributed by atoms with E-state index >= 15 is 0 Å². The van der Waals surface area contributed by atoms with Gasteiger partial charge in [-0.1, -0.05) is 54.6 Å². The maximum Gasteiger partial charge on any atom is 0.422 e. The van der Waals surface area contributed by atoms with Gasteiger partial charge < -0.3 is 19.5 Å². The molecule has 212 valence electrons. The van der Waals surface area contributed by atoms with Crippen LogP contribution in [0.2, 0.25) is 0 Å². The fourth-order valence-corrected chi connectivity index (χ4v) is 4.66. The minimum atomic E-state index is -4.45. The van der Waals surface area contributed by atoms with E-state index in [4.69, 9.17) is 9.47 Å². The molecule has 0 saturated heterocycles. The van der Waals surface area contributed by atoms with Gasteiger partial charge in [0.25, 0.3) is 0 Å².